The smallest absolute Gasteiger partial charge is 0.0297 e. The molecule has 0 aliphatic rings. The SMILES string of the molecule is CCCNCCC.S=C=S. The molecule has 0 aromatic carbocycles. The molecule has 0 fully saturated rings. The van der Waals surface area contributed by atoms with Crippen molar-refractivity contribution >= 4 is 28.7 Å². The highest BCUT2D eigenvalue weighted by molar-refractivity contribution is 7.93. The molecule has 0 aromatic heterocycles. The van der Waals surface area contributed by atoms with E-state index in [1.54, 1.807) is 0 Å². The van der Waals surface area contributed by atoms with E-state index < -0.39 is 0 Å². The molecule has 0 aromatic rings. The first kappa shape index (κ1) is 12.8. The molecule has 0 atom stereocenters. The van der Waals surface area contributed by atoms with Crippen molar-refractivity contribution in [2.45, 2.75) is 26.7 Å². The van der Waals surface area contributed by atoms with Crippen molar-refractivity contribution < 1.29 is 0 Å². The molecule has 0 saturated carbocycles. The molecule has 0 radical (unpaired) electrons. The molecule has 3 heteroatoms. The van der Waals surface area contributed by atoms with Gasteiger partial charge in [-0.3, -0.25) is 0 Å². The Kier molecular flexibility index (Phi) is 20.6. The summed E-state index contributed by atoms with van der Waals surface area (Å²) < 4.78 is 1.92. The van der Waals surface area contributed by atoms with Gasteiger partial charge in [-0.25, -0.2) is 0 Å². The van der Waals surface area contributed by atoms with Gasteiger partial charge < -0.3 is 5.32 Å². The Labute approximate surface area is 74.2 Å². The van der Waals surface area contributed by atoms with Crippen molar-refractivity contribution in [3.8, 4) is 0 Å². The third-order valence-corrected chi connectivity index (χ3v) is 0.854. The van der Waals surface area contributed by atoms with Gasteiger partial charge in [0.1, 0.15) is 0 Å². The van der Waals surface area contributed by atoms with E-state index in [0.717, 1.165) is 0 Å². The van der Waals surface area contributed by atoms with E-state index >= 15 is 0 Å². The maximum absolute atomic E-state index is 3.96. The standard InChI is InChI=1S/C6H15N.CS2/c1-3-5-7-6-4-2;2-1-3/h7H,3-6H2,1-2H3;. The number of nitrogens with one attached hydrogen (secondary N) is 1. The summed E-state index contributed by atoms with van der Waals surface area (Å²) in [7, 11) is 0. The lowest BCUT2D eigenvalue weighted by atomic mass is 10.4. The molecule has 10 heavy (non-hydrogen) atoms. The molecule has 0 amide bonds. The second kappa shape index (κ2) is 16.1. The van der Waals surface area contributed by atoms with E-state index in [4.69, 9.17) is 0 Å². The average molecular weight is 177 g/mol. The van der Waals surface area contributed by atoms with Gasteiger partial charge in [0.15, 0.2) is 0 Å². The molecule has 0 unspecified atom stereocenters. The van der Waals surface area contributed by atoms with Crippen molar-refractivity contribution in [1.29, 1.82) is 0 Å². The molecule has 0 aliphatic heterocycles. The normalized spacial score (nSPS) is 7.40. The number of rotatable bonds is 4. The Hall–Kier alpha value is 0.180. The molecule has 0 saturated heterocycles. The molecule has 0 spiro atoms. The molecule has 0 aliphatic carbocycles. The van der Waals surface area contributed by atoms with Crippen molar-refractivity contribution in [2.75, 3.05) is 13.1 Å². The van der Waals surface area contributed by atoms with E-state index in [0.29, 0.717) is 0 Å². The first-order valence-electron chi connectivity index (χ1n) is 3.53. The van der Waals surface area contributed by atoms with Gasteiger partial charge in [-0.15, -0.1) is 0 Å². The van der Waals surface area contributed by atoms with Crippen LogP contribution in [0.1, 0.15) is 26.7 Å². The van der Waals surface area contributed by atoms with Crippen LogP contribution in [0.3, 0.4) is 0 Å². The van der Waals surface area contributed by atoms with Gasteiger partial charge in [-0.2, -0.15) is 0 Å². The minimum absolute atomic E-state index is 1.17. The Bertz CT molecular complexity index is 73.7. The van der Waals surface area contributed by atoms with Crippen LogP contribution in [0.25, 0.3) is 0 Å². The zero-order chi connectivity index (χ0) is 8.24. The predicted molar refractivity (Wildman–Crippen MR) is 53.6 cm³/mol. The summed E-state index contributed by atoms with van der Waals surface area (Å²) >= 11 is 7.92. The van der Waals surface area contributed by atoms with Crippen molar-refractivity contribution in [1.82, 2.24) is 5.32 Å². The number of thiocarbonyl (C=S) groups is 2. The van der Waals surface area contributed by atoms with Crippen LogP contribution in [0.5, 0.6) is 0 Å². The zero-order valence-electron chi connectivity index (χ0n) is 6.64. The summed E-state index contributed by atoms with van der Waals surface area (Å²) in [6.45, 7) is 6.72. The Morgan fingerprint density at radius 1 is 1.10 bits per heavy atom. The molecular weight excluding hydrogens is 162 g/mol. The summed E-state index contributed by atoms with van der Waals surface area (Å²) in [5, 5.41) is 3.28. The number of hydrogen-bond donors (Lipinski definition) is 1. The maximum atomic E-state index is 3.96. The highest BCUT2D eigenvalue weighted by Crippen LogP contribution is 1.71. The van der Waals surface area contributed by atoms with Crippen LogP contribution in [-0.2, 0) is 0 Å². The predicted octanol–water partition coefficient (Wildman–Crippen LogP) is 2.41. The van der Waals surface area contributed by atoms with Crippen molar-refractivity contribution in [3.05, 3.63) is 0 Å². The fourth-order valence-electron chi connectivity index (χ4n) is 0.479. The minimum Gasteiger partial charge on any atom is -0.317 e. The van der Waals surface area contributed by atoms with Gasteiger partial charge in [-0.05, 0) is 50.4 Å². The lowest BCUT2D eigenvalue weighted by molar-refractivity contribution is 0.662. The molecule has 1 N–H and O–H groups in total. The second-order valence-corrected chi connectivity index (χ2v) is 2.50. The van der Waals surface area contributed by atoms with Gasteiger partial charge in [0.25, 0.3) is 0 Å². The summed E-state index contributed by atoms with van der Waals surface area (Å²) in [6.07, 6.45) is 2.50. The Morgan fingerprint density at radius 2 is 1.40 bits per heavy atom. The Morgan fingerprint density at radius 3 is 1.60 bits per heavy atom. The van der Waals surface area contributed by atoms with Gasteiger partial charge >= 0.3 is 0 Å². The number of hydrogen-bond acceptors (Lipinski definition) is 3. The minimum atomic E-state index is 1.17. The van der Waals surface area contributed by atoms with Gasteiger partial charge in [0.05, 0.1) is 0 Å². The van der Waals surface area contributed by atoms with E-state index in [-0.39, 0.29) is 0 Å². The summed E-state index contributed by atoms with van der Waals surface area (Å²) in [5.74, 6) is 0. The summed E-state index contributed by atoms with van der Waals surface area (Å²) in [4.78, 5) is 0. The van der Waals surface area contributed by atoms with Crippen LogP contribution < -0.4 is 5.32 Å². The molecule has 0 heterocycles. The van der Waals surface area contributed by atoms with E-state index in [2.05, 4.69) is 43.6 Å². The van der Waals surface area contributed by atoms with Crippen LogP contribution in [-0.4, -0.2) is 17.4 Å². The van der Waals surface area contributed by atoms with Crippen LogP contribution in [0.2, 0.25) is 0 Å². The molecule has 60 valence electrons. The lowest BCUT2D eigenvalue weighted by Crippen LogP contribution is -2.14. The molecular formula is C7H15NS2. The van der Waals surface area contributed by atoms with E-state index in [1.807, 2.05) is 4.31 Å². The zero-order valence-corrected chi connectivity index (χ0v) is 8.28. The molecule has 0 rings (SSSR count). The lowest BCUT2D eigenvalue weighted by Gasteiger charge is -1.95. The highest BCUT2D eigenvalue weighted by Gasteiger charge is 1.76. The maximum Gasteiger partial charge on any atom is 0.0297 e. The first-order chi connectivity index (χ1) is 4.83. The second-order valence-electron chi connectivity index (χ2n) is 1.83. The van der Waals surface area contributed by atoms with Crippen molar-refractivity contribution in [2.24, 2.45) is 0 Å². The third kappa shape index (κ3) is 24.1. The fourth-order valence-corrected chi connectivity index (χ4v) is 0.479. The molecule has 1 nitrogen and oxygen atoms in total. The highest BCUT2D eigenvalue weighted by atomic mass is 32.1. The van der Waals surface area contributed by atoms with Gasteiger partial charge in [0.2, 0.25) is 0 Å². The third-order valence-electron chi connectivity index (χ3n) is 0.854. The summed E-state index contributed by atoms with van der Waals surface area (Å²) in [5.41, 5.74) is 0. The summed E-state index contributed by atoms with van der Waals surface area (Å²) in [6, 6.07) is 0. The van der Waals surface area contributed by atoms with Gasteiger partial charge in [-0.1, -0.05) is 13.8 Å². The van der Waals surface area contributed by atoms with E-state index in [9.17, 15) is 0 Å². The van der Waals surface area contributed by atoms with Crippen molar-refractivity contribution in [3.63, 3.8) is 0 Å². The fraction of sp³-hybridized carbons (Fsp3) is 0.857. The average Bonchev–Trinajstić information content (AvgIpc) is 1.91. The van der Waals surface area contributed by atoms with Gasteiger partial charge in [0, 0.05) is 4.31 Å². The van der Waals surface area contributed by atoms with Crippen LogP contribution in [0.15, 0.2) is 0 Å². The monoisotopic (exact) mass is 177 g/mol. The Balaban J connectivity index is 0. The topological polar surface area (TPSA) is 12.0 Å². The quantitative estimate of drug-likeness (QED) is 0.523. The van der Waals surface area contributed by atoms with Crippen LogP contribution in [0.4, 0.5) is 0 Å². The van der Waals surface area contributed by atoms with E-state index in [1.165, 1.54) is 25.9 Å². The van der Waals surface area contributed by atoms with Crippen LogP contribution >= 0.6 is 24.4 Å². The largest absolute Gasteiger partial charge is 0.317 e. The van der Waals surface area contributed by atoms with Crippen LogP contribution in [0, 0.1) is 0 Å². The first-order valence-corrected chi connectivity index (χ1v) is 4.35. The molecule has 0 bridgehead atoms.